The van der Waals surface area contributed by atoms with Crippen LogP contribution in [0, 0.1) is 18.8 Å². The fourth-order valence-corrected chi connectivity index (χ4v) is 4.76. The minimum atomic E-state index is -0.541. The lowest BCUT2D eigenvalue weighted by atomic mass is 9.97. The molecule has 1 saturated carbocycles. The molecule has 0 radical (unpaired) electrons. The van der Waals surface area contributed by atoms with Crippen LogP contribution in [0.4, 0.5) is 9.59 Å². The van der Waals surface area contributed by atoms with Gasteiger partial charge in [0, 0.05) is 25.7 Å². The third-order valence-corrected chi connectivity index (χ3v) is 6.30. The molecule has 0 spiro atoms. The zero-order chi connectivity index (χ0) is 22.9. The van der Waals surface area contributed by atoms with E-state index in [0.717, 1.165) is 23.4 Å². The van der Waals surface area contributed by atoms with Gasteiger partial charge in [-0.1, -0.05) is 35.5 Å². The van der Waals surface area contributed by atoms with Crippen molar-refractivity contribution in [3.8, 4) is 0 Å². The fraction of sp³-hybridized carbons (Fsp3) is 0.542. The van der Waals surface area contributed by atoms with Crippen molar-refractivity contribution in [1.82, 2.24) is 15.4 Å². The highest BCUT2D eigenvalue weighted by atomic mass is 16.6. The number of likely N-dealkylation sites (tertiary alicyclic amines) is 1. The Labute approximate surface area is 188 Å². The van der Waals surface area contributed by atoms with Gasteiger partial charge in [0.1, 0.15) is 18.0 Å². The second-order valence-corrected chi connectivity index (χ2v) is 9.72. The Kier molecular flexibility index (Phi) is 5.88. The summed E-state index contributed by atoms with van der Waals surface area (Å²) in [6.45, 7) is 9.21. The molecule has 3 atom stereocenters. The summed E-state index contributed by atoms with van der Waals surface area (Å²) in [4.78, 5) is 26.7. The van der Waals surface area contributed by atoms with E-state index in [4.69, 9.17) is 14.0 Å². The smallest absolute Gasteiger partial charge is 0.410 e. The van der Waals surface area contributed by atoms with Crippen LogP contribution in [0.3, 0.4) is 0 Å². The number of aromatic nitrogens is 1. The summed E-state index contributed by atoms with van der Waals surface area (Å²) in [6.07, 6.45) is 0.0301. The number of fused-ring (bicyclic) bond motifs is 1. The highest BCUT2D eigenvalue weighted by molar-refractivity contribution is 5.69. The number of nitrogens with one attached hydrogen (secondary N) is 1. The van der Waals surface area contributed by atoms with E-state index in [2.05, 4.69) is 10.5 Å². The van der Waals surface area contributed by atoms with E-state index < -0.39 is 17.1 Å². The number of amides is 2. The lowest BCUT2D eigenvalue weighted by molar-refractivity contribution is 0.0206. The first-order valence-corrected chi connectivity index (χ1v) is 11.1. The molecule has 1 saturated heterocycles. The maximum absolute atomic E-state index is 12.6. The highest BCUT2D eigenvalue weighted by Gasteiger charge is 2.69. The van der Waals surface area contributed by atoms with E-state index in [0.29, 0.717) is 25.6 Å². The number of aryl methyl sites for hydroxylation is 1. The molecule has 1 aliphatic heterocycles. The van der Waals surface area contributed by atoms with Gasteiger partial charge in [0.2, 0.25) is 0 Å². The maximum Gasteiger partial charge on any atom is 0.410 e. The molecule has 2 heterocycles. The Morgan fingerprint density at radius 3 is 2.66 bits per heavy atom. The largest absolute Gasteiger partial charge is 0.445 e. The summed E-state index contributed by atoms with van der Waals surface area (Å²) in [5.41, 5.74) is 0.778. The number of benzene rings is 1. The Morgan fingerprint density at radius 2 is 2.00 bits per heavy atom. The SMILES string of the molecule is Cc1cc(C2(CNC(=O)OCc3ccccc3)C3CCN(C(=O)OC(C)(C)C)CC32)on1. The Bertz CT molecular complexity index is 968. The van der Waals surface area contributed by atoms with Crippen LogP contribution < -0.4 is 5.32 Å². The molecule has 2 aliphatic rings. The molecule has 8 nitrogen and oxygen atoms in total. The number of rotatable bonds is 5. The zero-order valence-corrected chi connectivity index (χ0v) is 19.1. The number of carbonyl (C=O) groups excluding carboxylic acids is 2. The minimum Gasteiger partial charge on any atom is -0.445 e. The van der Waals surface area contributed by atoms with E-state index in [1.807, 2.05) is 64.1 Å². The fourth-order valence-electron chi connectivity index (χ4n) is 4.76. The Balaban J connectivity index is 1.42. The number of ether oxygens (including phenoxy) is 2. The maximum atomic E-state index is 12.6. The van der Waals surface area contributed by atoms with Crippen molar-refractivity contribution in [2.24, 2.45) is 11.8 Å². The quantitative estimate of drug-likeness (QED) is 0.753. The van der Waals surface area contributed by atoms with Gasteiger partial charge in [0.15, 0.2) is 0 Å². The Morgan fingerprint density at radius 1 is 1.25 bits per heavy atom. The van der Waals surface area contributed by atoms with Gasteiger partial charge >= 0.3 is 12.2 Å². The van der Waals surface area contributed by atoms with Crippen LogP contribution in [0.2, 0.25) is 0 Å². The molecule has 172 valence electrons. The van der Waals surface area contributed by atoms with Gasteiger partial charge in [0.25, 0.3) is 0 Å². The number of piperidine rings is 1. The number of hydrogen-bond acceptors (Lipinski definition) is 6. The second kappa shape index (κ2) is 8.48. The van der Waals surface area contributed by atoms with Crippen LogP contribution in [0.15, 0.2) is 40.9 Å². The third kappa shape index (κ3) is 4.59. The average Bonchev–Trinajstić information content (AvgIpc) is 3.19. The van der Waals surface area contributed by atoms with Gasteiger partial charge in [0.05, 0.1) is 11.1 Å². The van der Waals surface area contributed by atoms with E-state index >= 15 is 0 Å². The molecule has 2 aromatic rings. The first kappa shape index (κ1) is 22.2. The first-order chi connectivity index (χ1) is 15.2. The molecular formula is C24H31N3O5. The monoisotopic (exact) mass is 441 g/mol. The highest BCUT2D eigenvalue weighted by Crippen LogP contribution is 2.63. The number of nitrogens with zero attached hydrogens (tertiary/aromatic N) is 2. The van der Waals surface area contributed by atoms with E-state index in [-0.39, 0.29) is 18.6 Å². The van der Waals surface area contributed by atoms with Crippen molar-refractivity contribution in [2.45, 2.75) is 51.7 Å². The van der Waals surface area contributed by atoms with Gasteiger partial charge < -0.3 is 24.2 Å². The van der Waals surface area contributed by atoms with Crippen LogP contribution >= 0.6 is 0 Å². The normalized spacial score (nSPS) is 24.4. The first-order valence-electron chi connectivity index (χ1n) is 11.1. The molecule has 1 aromatic heterocycles. The third-order valence-electron chi connectivity index (χ3n) is 6.30. The number of hydrogen-bond donors (Lipinski definition) is 1. The van der Waals surface area contributed by atoms with Crippen LogP contribution in [0.25, 0.3) is 0 Å². The van der Waals surface area contributed by atoms with Crippen LogP contribution in [-0.4, -0.2) is 47.5 Å². The molecule has 1 N–H and O–H groups in total. The van der Waals surface area contributed by atoms with Gasteiger partial charge in [-0.05, 0) is 51.5 Å². The molecule has 32 heavy (non-hydrogen) atoms. The predicted molar refractivity (Wildman–Crippen MR) is 117 cm³/mol. The van der Waals surface area contributed by atoms with E-state index in [1.54, 1.807) is 4.90 Å². The van der Waals surface area contributed by atoms with E-state index in [1.165, 1.54) is 0 Å². The van der Waals surface area contributed by atoms with Gasteiger partial charge in [-0.15, -0.1) is 0 Å². The van der Waals surface area contributed by atoms with Crippen LogP contribution in [0.1, 0.15) is 44.2 Å². The van der Waals surface area contributed by atoms with Crippen molar-refractivity contribution in [2.75, 3.05) is 19.6 Å². The van der Waals surface area contributed by atoms with Crippen LogP contribution in [-0.2, 0) is 21.5 Å². The van der Waals surface area contributed by atoms with Crippen molar-refractivity contribution < 1.29 is 23.6 Å². The summed E-state index contributed by atoms with van der Waals surface area (Å²) in [7, 11) is 0. The molecule has 8 heteroatoms. The van der Waals surface area contributed by atoms with Gasteiger partial charge in [-0.3, -0.25) is 0 Å². The standard InChI is InChI=1S/C24H31N3O5/c1-16-12-20(32-26-16)24(15-25-21(28)30-14-17-8-6-5-7-9-17)18-10-11-27(13-19(18)24)22(29)31-23(2,3)4/h5-9,12,18-19H,10-11,13-15H2,1-4H3,(H,25,28). The Hall–Kier alpha value is -3.03. The predicted octanol–water partition coefficient (Wildman–Crippen LogP) is 4.03. The topological polar surface area (TPSA) is 93.9 Å². The van der Waals surface area contributed by atoms with Crippen molar-refractivity contribution in [3.05, 3.63) is 53.4 Å². The number of carbonyl (C=O) groups is 2. The summed E-state index contributed by atoms with van der Waals surface area (Å²) >= 11 is 0. The molecule has 4 rings (SSSR count). The minimum absolute atomic E-state index is 0.158. The van der Waals surface area contributed by atoms with Crippen molar-refractivity contribution >= 4 is 12.2 Å². The molecule has 2 fully saturated rings. The summed E-state index contributed by atoms with van der Waals surface area (Å²) < 4.78 is 16.6. The number of alkyl carbamates (subject to hydrolysis) is 1. The van der Waals surface area contributed by atoms with E-state index in [9.17, 15) is 9.59 Å². The molecule has 0 bridgehead atoms. The molecule has 1 aromatic carbocycles. The lowest BCUT2D eigenvalue weighted by Gasteiger charge is -2.29. The zero-order valence-electron chi connectivity index (χ0n) is 19.1. The summed E-state index contributed by atoms with van der Waals surface area (Å²) in [6, 6.07) is 11.5. The molecule has 1 aliphatic carbocycles. The lowest BCUT2D eigenvalue weighted by Crippen LogP contribution is -2.41. The van der Waals surface area contributed by atoms with Crippen LogP contribution in [0.5, 0.6) is 0 Å². The summed E-state index contributed by atoms with van der Waals surface area (Å²) in [5, 5.41) is 6.98. The van der Waals surface area contributed by atoms with Crippen molar-refractivity contribution in [1.29, 1.82) is 0 Å². The molecule has 3 unspecified atom stereocenters. The van der Waals surface area contributed by atoms with Gasteiger partial charge in [-0.2, -0.15) is 0 Å². The molecule has 2 amide bonds. The second-order valence-electron chi connectivity index (χ2n) is 9.72. The van der Waals surface area contributed by atoms with Gasteiger partial charge in [-0.25, -0.2) is 9.59 Å². The molecular weight excluding hydrogens is 410 g/mol. The average molecular weight is 442 g/mol. The summed E-state index contributed by atoms with van der Waals surface area (Å²) in [5.74, 6) is 1.20. The van der Waals surface area contributed by atoms with Crippen molar-refractivity contribution in [3.63, 3.8) is 0 Å².